The summed E-state index contributed by atoms with van der Waals surface area (Å²) < 4.78 is 47.6. The summed E-state index contributed by atoms with van der Waals surface area (Å²) in [5.41, 5.74) is -0.582. The average Bonchev–Trinajstić information content (AvgIpc) is 3.48. The van der Waals surface area contributed by atoms with Crippen LogP contribution in [0, 0.1) is 12.7 Å². The van der Waals surface area contributed by atoms with Crippen LogP contribution >= 0.6 is 0 Å². The van der Waals surface area contributed by atoms with E-state index in [1.54, 1.807) is 19.1 Å². The van der Waals surface area contributed by atoms with E-state index in [1.807, 2.05) is 18.7 Å². The van der Waals surface area contributed by atoms with Crippen molar-refractivity contribution in [2.24, 2.45) is 0 Å². The van der Waals surface area contributed by atoms with Crippen LogP contribution in [0.2, 0.25) is 0 Å². The third-order valence-corrected chi connectivity index (χ3v) is 9.08. The Labute approximate surface area is 247 Å². The smallest absolute Gasteiger partial charge is 0.349 e. The van der Waals surface area contributed by atoms with E-state index < -0.39 is 28.8 Å². The minimum Gasteiger partial charge on any atom is -0.508 e. The maximum absolute atomic E-state index is 15.1. The van der Waals surface area contributed by atoms with Crippen LogP contribution in [-0.4, -0.2) is 76.7 Å². The number of aryl methyl sites for hydroxylation is 1. The molecule has 2 atom stereocenters. The van der Waals surface area contributed by atoms with Crippen molar-refractivity contribution >= 4 is 27.5 Å². The molecule has 9 nitrogen and oxygen atoms in total. The van der Waals surface area contributed by atoms with Gasteiger partial charge in [-0.3, -0.25) is 4.90 Å². The second kappa shape index (κ2) is 10.1. The molecule has 2 aromatic heterocycles. The summed E-state index contributed by atoms with van der Waals surface area (Å²) in [6.07, 6.45) is 1.29. The number of aromatic hydroxyl groups is 1. The molecule has 7 rings (SSSR count). The van der Waals surface area contributed by atoms with Gasteiger partial charge in [-0.2, -0.15) is 9.97 Å². The number of nitrogens with zero attached hydrogens (tertiary/aromatic N) is 4. The third kappa shape index (κ3) is 4.78. The topological polar surface area (TPSA) is 101 Å². The molecule has 2 aromatic carbocycles. The van der Waals surface area contributed by atoms with Gasteiger partial charge in [0.2, 0.25) is 0 Å². The first-order valence-electron chi connectivity index (χ1n) is 14.7. The monoisotopic (exact) mass is 592 g/mol. The molecule has 3 aliphatic heterocycles. The molecule has 0 radical (unpaired) electrons. The highest BCUT2D eigenvalue weighted by Crippen LogP contribution is 2.41. The van der Waals surface area contributed by atoms with Crippen molar-refractivity contribution in [2.75, 3.05) is 44.3 Å². The van der Waals surface area contributed by atoms with Crippen molar-refractivity contribution in [3.8, 4) is 23.1 Å². The largest absolute Gasteiger partial charge is 0.508 e. The molecule has 0 saturated carbocycles. The molecular formula is C32H34F2N4O5. The Morgan fingerprint density at radius 2 is 2.02 bits per heavy atom. The van der Waals surface area contributed by atoms with E-state index in [1.165, 1.54) is 18.2 Å². The van der Waals surface area contributed by atoms with Crippen LogP contribution in [0.15, 0.2) is 39.5 Å². The quantitative estimate of drug-likeness (QED) is 0.338. The van der Waals surface area contributed by atoms with E-state index in [0.717, 1.165) is 19.4 Å². The van der Waals surface area contributed by atoms with Gasteiger partial charge in [0.25, 0.3) is 0 Å². The summed E-state index contributed by atoms with van der Waals surface area (Å²) in [6, 6.07) is 7.46. The van der Waals surface area contributed by atoms with E-state index in [0.29, 0.717) is 54.9 Å². The van der Waals surface area contributed by atoms with Crippen molar-refractivity contribution in [1.29, 1.82) is 0 Å². The SMILES string of the molecule is Cc1c(-c2cc(O)cc3cccc(F)c23)oc(=O)c2c(N3CCOC(C)(C)C3)nc(OC[C@@]34CCCN3C[C@H](F)C4)nc12. The lowest BCUT2D eigenvalue weighted by Gasteiger charge is -2.39. The minimum atomic E-state index is -0.903. The molecule has 11 heteroatoms. The highest BCUT2D eigenvalue weighted by Gasteiger charge is 2.49. The predicted molar refractivity (Wildman–Crippen MR) is 158 cm³/mol. The van der Waals surface area contributed by atoms with Crippen molar-refractivity contribution in [3.05, 3.63) is 52.1 Å². The van der Waals surface area contributed by atoms with Gasteiger partial charge in [0.05, 0.1) is 23.3 Å². The fraction of sp³-hybridized carbons (Fsp3) is 0.469. The Kier molecular flexibility index (Phi) is 6.59. The second-order valence-electron chi connectivity index (χ2n) is 12.6. The molecule has 0 unspecified atom stereocenters. The number of hydrogen-bond donors (Lipinski definition) is 1. The first-order valence-corrected chi connectivity index (χ1v) is 14.7. The van der Waals surface area contributed by atoms with E-state index in [2.05, 4.69) is 4.90 Å². The van der Waals surface area contributed by atoms with Gasteiger partial charge in [-0.25, -0.2) is 13.6 Å². The molecule has 3 saturated heterocycles. The van der Waals surface area contributed by atoms with Crippen LogP contribution in [-0.2, 0) is 4.74 Å². The fourth-order valence-corrected chi connectivity index (χ4v) is 7.16. The first kappa shape index (κ1) is 28.0. The van der Waals surface area contributed by atoms with Crippen LogP contribution in [0.3, 0.4) is 0 Å². The van der Waals surface area contributed by atoms with Crippen LogP contribution in [0.25, 0.3) is 33.0 Å². The van der Waals surface area contributed by atoms with Gasteiger partial charge >= 0.3 is 11.6 Å². The number of fused-ring (bicyclic) bond motifs is 3. The summed E-state index contributed by atoms with van der Waals surface area (Å²) >= 11 is 0. The molecule has 4 aromatic rings. The lowest BCUT2D eigenvalue weighted by molar-refractivity contribution is -0.0278. The Balaban J connectivity index is 1.40. The number of anilines is 1. The van der Waals surface area contributed by atoms with Crippen LogP contribution in [0.5, 0.6) is 11.8 Å². The van der Waals surface area contributed by atoms with Crippen molar-refractivity contribution in [1.82, 2.24) is 14.9 Å². The molecule has 0 aliphatic carbocycles. The maximum atomic E-state index is 15.1. The van der Waals surface area contributed by atoms with Gasteiger partial charge in [-0.1, -0.05) is 12.1 Å². The second-order valence-corrected chi connectivity index (χ2v) is 12.6. The van der Waals surface area contributed by atoms with Crippen molar-refractivity contribution in [2.45, 2.75) is 57.3 Å². The molecule has 3 fully saturated rings. The van der Waals surface area contributed by atoms with Crippen LogP contribution in [0.4, 0.5) is 14.6 Å². The van der Waals surface area contributed by atoms with Gasteiger partial charge < -0.3 is 23.9 Å². The third-order valence-electron chi connectivity index (χ3n) is 9.08. The van der Waals surface area contributed by atoms with Gasteiger partial charge in [-0.05, 0) is 63.7 Å². The molecule has 5 heterocycles. The molecule has 3 aliphatic rings. The number of phenols is 1. The number of ether oxygens (including phenoxy) is 2. The summed E-state index contributed by atoms with van der Waals surface area (Å²) in [5.74, 6) is -0.151. The number of benzene rings is 2. The summed E-state index contributed by atoms with van der Waals surface area (Å²) in [6.45, 7) is 8.50. The van der Waals surface area contributed by atoms with E-state index >= 15 is 4.39 Å². The first-order chi connectivity index (χ1) is 20.5. The zero-order valence-corrected chi connectivity index (χ0v) is 24.5. The molecular weight excluding hydrogens is 558 g/mol. The van der Waals surface area contributed by atoms with Gasteiger partial charge in [0, 0.05) is 42.6 Å². The Hall–Kier alpha value is -3.83. The average molecular weight is 593 g/mol. The summed E-state index contributed by atoms with van der Waals surface area (Å²) in [4.78, 5) is 27.3. The zero-order valence-electron chi connectivity index (χ0n) is 24.5. The number of rotatable bonds is 5. The lowest BCUT2D eigenvalue weighted by Crippen LogP contribution is -2.49. The Bertz CT molecular complexity index is 1810. The number of morpholine rings is 1. The van der Waals surface area contributed by atoms with E-state index in [4.69, 9.17) is 23.9 Å². The fourth-order valence-electron chi connectivity index (χ4n) is 7.16. The van der Waals surface area contributed by atoms with Gasteiger partial charge in [-0.15, -0.1) is 0 Å². The van der Waals surface area contributed by atoms with Crippen molar-refractivity contribution < 1.29 is 27.8 Å². The van der Waals surface area contributed by atoms with Crippen molar-refractivity contribution in [3.63, 3.8) is 0 Å². The zero-order chi connectivity index (χ0) is 30.1. The highest BCUT2D eigenvalue weighted by atomic mass is 19.1. The Morgan fingerprint density at radius 3 is 2.84 bits per heavy atom. The molecule has 0 amide bonds. The normalized spacial score (nSPS) is 23.7. The van der Waals surface area contributed by atoms with Gasteiger partial charge in [0.15, 0.2) is 5.82 Å². The standard InChI is InChI=1S/C32H34F2N4O5/c1-18-26-25(29(40)43-27(18)22-13-21(39)12-19-6-4-7-23(34)24(19)22)28(37-10-11-42-31(2,3)16-37)36-30(35-26)41-17-32-8-5-9-38(32)15-20(33)14-32/h4,6-7,12-13,20,39H,5,8-11,14-17H2,1-3H3/t20-,32+/m1/s1. The van der Waals surface area contributed by atoms with E-state index in [-0.39, 0.29) is 40.5 Å². The lowest BCUT2D eigenvalue weighted by atomic mass is 9.95. The molecule has 43 heavy (non-hydrogen) atoms. The highest BCUT2D eigenvalue weighted by molar-refractivity contribution is 6.00. The predicted octanol–water partition coefficient (Wildman–Crippen LogP) is 5.13. The number of halogens is 2. The van der Waals surface area contributed by atoms with Crippen LogP contribution < -0.4 is 15.3 Å². The summed E-state index contributed by atoms with van der Waals surface area (Å²) in [5, 5.41) is 11.3. The number of alkyl halides is 1. The summed E-state index contributed by atoms with van der Waals surface area (Å²) in [7, 11) is 0. The molecule has 0 bridgehead atoms. The minimum absolute atomic E-state index is 0.0712. The number of hydrogen-bond acceptors (Lipinski definition) is 9. The molecule has 0 spiro atoms. The Morgan fingerprint density at radius 1 is 1.19 bits per heavy atom. The van der Waals surface area contributed by atoms with Gasteiger partial charge in [0.1, 0.15) is 35.5 Å². The molecule has 226 valence electrons. The number of aromatic nitrogens is 2. The number of phenolic OH excluding ortho intramolecular Hbond substituents is 1. The van der Waals surface area contributed by atoms with Crippen LogP contribution in [0.1, 0.15) is 38.7 Å². The maximum Gasteiger partial charge on any atom is 0.349 e. The molecule has 1 N–H and O–H groups in total. The van der Waals surface area contributed by atoms with E-state index in [9.17, 15) is 14.3 Å².